The van der Waals surface area contributed by atoms with E-state index in [4.69, 9.17) is 4.74 Å². The summed E-state index contributed by atoms with van der Waals surface area (Å²) in [6.07, 6.45) is 4.63. The molecule has 1 spiro atoms. The zero-order chi connectivity index (χ0) is 23.0. The SMILES string of the molecule is CCn1nccc1C(=O)NCc1nnn2c1COC1(CCN(C3CCN(C(C)=O)CC3)C1)C2. The molecule has 1 N–H and O–H groups in total. The Morgan fingerprint density at radius 1 is 1.24 bits per heavy atom. The number of fused-ring (bicyclic) bond motifs is 1. The normalized spacial score (nSPS) is 23.8. The van der Waals surface area contributed by atoms with Crippen LogP contribution in [-0.4, -0.2) is 84.2 Å². The molecule has 2 fully saturated rings. The van der Waals surface area contributed by atoms with Crippen LogP contribution in [0.5, 0.6) is 0 Å². The summed E-state index contributed by atoms with van der Waals surface area (Å²) in [5.41, 5.74) is 1.96. The van der Waals surface area contributed by atoms with Gasteiger partial charge < -0.3 is 15.0 Å². The van der Waals surface area contributed by atoms with Gasteiger partial charge in [0.05, 0.1) is 25.4 Å². The molecule has 2 amide bonds. The van der Waals surface area contributed by atoms with Crippen LogP contribution in [-0.2, 0) is 35.8 Å². The predicted octanol–water partition coefficient (Wildman–Crippen LogP) is 0.410. The Morgan fingerprint density at radius 3 is 2.82 bits per heavy atom. The smallest absolute Gasteiger partial charge is 0.269 e. The Morgan fingerprint density at radius 2 is 2.06 bits per heavy atom. The number of ether oxygens (including phenoxy) is 1. The second-order valence-corrected chi connectivity index (χ2v) is 9.28. The minimum absolute atomic E-state index is 0.170. The highest BCUT2D eigenvalue weighted by molar-refractivity contribution is 5.92. The minimum Gasteiger partial charge on any atom is -0.365 e. The van der Waals surface area contributed by atoms with E-state index in [1.54, 1.807) is 23.9 Å². The minimum atomic E-state index is -0.243. The lowest BCUT2D eigenvalue weighted by Gasteiger charge is -2.38. The number of carbonyl (C=O) groups excluding carboxylic acids is 2. The number of hydrogen-bond donors (Lipinski definition) is 1. The standard InChI is InChI=1S/C22H32N8O3/c1-3-29-19(4-8-24-29)21(32)23-12-18-20-13-33-22(15-30(20)26-25-18)7-11-28(14-22)17-5-9-27(10-6-17)16(2)31/h4,8,17H,3,5-7,9-15H2,1-2H3,(H,23,32). The molecule has 3 aliphatic rings. The number of nitrogens with one attached hydrogen (secondary N) is 1. The number of hydrogen-bond acceptors (Lipinski definition) is 7. The van der Waals surface area contributed by atoms with Crippen LogP contribution >= 0.6 is 0 Å². The number of rotatable bonds is 5. The van der Waals surface area contributed by atoms with E-state index in [9.17, 15) is 9.59 Å². The van der Waals surface area contributed by atoms with Gasteiger partial charge in [-0.05, 0) is 32.3 Å². The molecule has 0 aliphatic carbocycles. The maximum Gasteiger partial charge on any atom is 0.269 e. The summed E-state index contributed by atoms with van der Waals surface area (Å²) in [4.78, 5) is 28.6. The van der Waals surface area contributed by atoms with Crippen molar-refractivity contribution >= 4 is 11.8 Å². The maximum atomic E-state index is 12.5. The molecule has 3 aliphatic heterocycles. The van der Waals surface area contributed by atoms with Crippen LogP contribution in [0.1, 0.15) is 55.0 Å². The third-order valence-electron chi connectivity index (χ3n) is 7.31. The van der Waals surface area contributed by atoms with Crippen LogP contribution in [0.2, 0.25) is 0 Å². The van der Waals surface area contributed by atoms with Crippen LogP contribution in [0.3, 0.4) is 0 Å². The molecule has 5 heterocycles. The van der Waals surface area contributed by atoms with Crippen molar-refractivity contribution in [3.05, 3.63) is 29.3 Å². The lowest BCUT2D eigenvalue weighted by Crippen LogP contribution is -2.49. The monoisotopic (exact) mass is 456 g/mol. The summed E-state index contributed by atoms with van der Waals surface area (Å²) in [7, 11) is 0. The zero-order valence-electron chi connectivity index (χ0n) is 19.4. The number of aryl methyl sites for hydroxylation is 1. The number of aromatic nitrogens is 5. The summed E-state index contributed by atoms with van der Waals surface area (Å²) in [5, 5.41) is 15.8. The second kappa shape index (κ2) is 8.86. The molecule has 2 saturated heterocycles. The van der Waals surface area contributed by atoms with E-state index in [2.05, 4.69) is 25.6 Å². The van der Waals surface area contributed by atoms with Crippen molar-refractivity contribution in [2.75, 3.05) is 26.2 Å². The van der Waals surface area contributed by atoms with Crippen molar-refractivity contribution in [2.45, 2.75) is 71.0 Å². The number of nitrogens with zero attached hydrogens (tertiary/aromatic N) is 7. The fourth-order valence-electron chi connectivity index (χ4n) is 5.34. The first-order valence-electron chi connectivity index (χ1n) is 11.8. The van der Waals surface area contributed by atoms with Gasteiger partial charge in [0.25, 0.3) is 5.91 Å². The van der Waals surface area contributed by atoms with Crippen molar-refractivity contribution < 1.29 is 14.3 Å². The van der Waals surface area contributed by atoms with E-state index < -0.39 is 0 Å². The molecule has 11 heteroatoms. The highest BCUT2D eigenvalue weighted by atomic mass is 16.5. The van der Waals surface area contributed by atoms with Crippen LogP contribution in [0, 0.1) is 0 Å². The summed E-state index contributed by atoms with van der Waals surface area (Å²) < 4.78 is 10.0. The summed E-state index contributed by atoms with van der Waals surface area (Å²) in [6, 6.07) is 2.21. The van der Waals surface area contributed by atoms with Gasteiger partial charge >= 0.3 is 0 Å². The van der Waals surface area contributed by atoms with Crippen LogP contribution in [0.15, 0.2) is 12.3 Å². The van der Waals surface area contributed by atoms with Gasteiger partial charge in [0, 0.05) is 51.9 Å². The van der Waals surface area contributed by atoms with E-state index >= 15 is 0 Å². The number of likely N-dealkylation sites (tertiary alicyclic amines) is 2. The van der Waals surface area contributed by atoms with E-state index in [1.807, 2.05) is 16.5 Å². The largest absolute Gasteiger partial charge is 0.365 e. The molecule has 1 unspecified atom stereocenters. The Bertz CT molecular complexity index is 1020. The fourth-order valence-corrected chi connectivity index (χ4v) is 5.34. The third kappa shape index (κ3) is 4.26. The Kier molecular flexibility index (Phi) is 5.92. The molecule has 5 rings (SSSR count). The van der Waals surface area contributed by atoms with Crippen molar-refractivity contribution in [1.29, 1.82) is 0 Å². The highest BCUT2D eigenvalue weighted by Gasteiger charge is 2.45. The molecule has 178 valence electrons. The van der Waals surface area contributed by atoms with Gasteiger partial charge in [0.1, 0.15) is 17.0 Å². The molecule has 0 saturated carbocycles. The summed E-state index contributed by atoms with van der Waals surface area (Å²) in [5.74, 6) is -0.00444. The van der Waals surface area contributed by atoms with Crippen molar-refractivity contribution in [1.82, 2.24) is 39.9 Å². The first-order chi connectivity index (χ1) is 16.0. The van der Waals surface area contributed by atoms with Gasteiger partial charge in [-0.1, -0.05) is 5.21 Å². The number of carbonyl (C=O) groups is 2. The molecule has 2 aromatic rings. The van der Waals surface area contributed by atoms with Crippen LogP contribution < -0.4 is 5.32 Å². The average molecular weight is 457 g/mol. The lowest BCUT2D eigenvalue weighted by molar-refractivity contribution is -0.130. The quantitative estimate of drug-likeness (QED) is 0.694. The third-order valence-corrected chi connectivity index (χ3v) is 7.31. The molecule has 0 aromatic carbocycles. The second-order valence-electron chi connectivity index (χ2n) is 9.28. The van der Waals surface area contributed by atoms with E-state index in [0.717, 1.165) is 56.8 Å². The predicted molar refractivity (Wildman–Crippen MR) is 118 cm³/mol. The Balaban J connectivity index is 1.18. The van der Waals surface area contributed by atoms with Gasteiger partial charge in [-0.15, -0.1) is 5.10 Å². The molecule has 0 bridgehead atoms. The average Bonchev–Trinajstić information content (AvgIpc) is 3.56. The molecular weight excluding hydrogens is 424 g/mol. The molecular formula is C22H32N8O3. The van der Waals surface area contributed by atoms with Crippen LogP contribution in [0.25, 0.3) is 0 Å². The molecule has 2 aromatic heterocycles. The summed E-state index contributed by atoms with van der Waals surface area (Å²) >= 11 is 0. The van der Waals surface area contributed by atoms with Gasteiger partial charge in [-0.3, -0.25) is 19.2 Å². The maximum absolute atomic E-state index is 12.5. The van der Waals surface area contributed by atoms with Gasteiger partial charge in [0.15, 0.2) is 0 Å². The van der Waals surface area contributed by atoms with E-state index in [-0.39, 0.29) is 17.4 Å². The highest BCUT2D eigenvalue weighted by Crippen LogP contribution is 2.35. The topological polar surface area (TPSA) is 110 Å². The van der Waals surface area contributed by atoms with E-state index in [1.165, 1.54) is 0 Å². The lowest BCUT2D eigenvalue weighted by atomic mass is 10.0. The molecule has 1 atom stereocenters. The molecule has 33 heavy (non-hydrogen) atoms. The van der Waals surface area contributed by atoms with Crippen molar-refractivity contribution in [2.24, 2.45) is 0 Å². The van der Waals surface area contributed by atoms with Crippen molar-refractivity contribution in [3.8, 4) is 0 Å². The summed E-state index contributed by atoms with van der Waals surface area (Å²) in [6.45, 7) is 9.23. The Hall–Kier alpha value is -2.79. The first kappa shape index (κ1) is 22.0. The molecule has 0 radical (unpaired) electrons. The Labute approximate surface area is 193 Å². The zero-order valence-corrected chi connectivity index (χ0v) is 19.4. The first-order valence-corrected chi connectivity index (χ1v) is 11.8. The molecule has 11 nitrogen and oxygen atoms in total. The van der Waals surface area contributed by atoms with Crippen molar-refractivity contribution in [3.63, 3.8) is 0 Å². The van der Waals surface area contributed by atoms with Gasteiger partial charge in [-0.2, -0.15) is 5.10 Å². The number of piperidine rings is 1. The van der Waals surface area contributed by atoms with Crippen LogP contribution in [0.4, 0.5) is 0 Å². The fraction of sp³-hybridized carbons (Fsp3) is 0.682. The number of amides is 2. The van der Waals surface area contributed by atoms with Gasteiger partial charge in [0.2, 0.25) is 5.91 Å². The van der Waals surface area contributed by atoms with E-state index in [0.29, 0.717) is 38.0 Å². The van der Waals surface area contributed by atoms with Gasteiger partial charge in [-0.25, -0.2) is 4.68 Å².